The Morgan fingerprint density at radius 1 is 0.800 bits per heavy atom. The predicted octanol–water partition coefficient (Wildman–Crippen LogP) is 0.231. The number of amides is 3. The third-order valence-electron chi connectivity index (χ3n) is 7.54. The first kappa shape index (κ1) is 38.3. The number of aromatic nitrogens is 3. The predicted molar refractivity (Wildman–Crippen MR) is 169 cm³/mol. The van der Waals surface area contributed by atoms with Crippen LogP contribution in [0.15, 0.2) is 29.2 Å². The molecule has 0 aliphatic carbocycles. The van der Waals surface area contributed by atoms with Crippen molar-refractivity contribution in [1.29, 1.82) is 0 Å². The molecule has 2 heterocycles. The highest BCUT2D eigenvalue weighted by molar-refractivity contribution is 5.97. The average Bonchev–Trinajstić information content (AvgIpc) is 3.44. The number of carboxylic acid groups (broad SMARTS) is 4. The lowest BCUT2D eigenvalue weighted by molar-refractivity contribution is -0.144. The molecule has 3 rings (SSSR count). The molecule has 0 aliphatic rings. The van der Waals surface area contributed by atoms with Crippen LogP contribution >= 0.6 is 0 Å². The van der Waals surface area contributed by atoms with Crippen LogP contribution in [-0.4, -0.2) is 95.1 Å². The summed E-state index contributed by atoms with van der Waals surface area (Å²) >= 11 is 0. The molecule has 0 spiro atoms. The van der Waals surface area contributed by atoms with Gasteiger partial charge in [0.1, 0.15) is 35.4 Å². The van der Waals surface area contributed by atoms with E-state index in [9.17, 15) is 53.0 Å². The highest BCUT2D eigenvalue weighted by Gasteiger charge is 2.27. The van der Waals surface area contributed by atoms with Gasteiger partial charge in [0.2, 0.25) is 11.8 Å². The summed E-state index contributed by atoms with van der Waals surface area (Å²) in [7, 11) is 0. The van der Waals surface area contributed by atoms with Crippen molar-refractivity contribution < 1.29 is 58.4 Å². The molecular formula is C31H35FN6O12. The van der Waals surface area contributed by atoms with E-state index in [4.69, 9.17) is 10.2 Å². The standard InChI is InChI=1S/C31H35FN6O12/c1-14-34-26-25(28(44)35-14)16(13-33-26)4-2-15-3-5-17(18(32)12-15)27(43)38-21(31(49)50)7-10-23(40)36-19(29(45)46)6-9-22(39)37-20(30(47)48)8-11-24(41)42/h3,5,12-13,19-21H,2,4,6-11H2,1H3,(H,36,40)(H,37,39)(H,38,43)(H,41,42)(H,45,46)(H,47,48)(H,49,50)(H2,33,34,35,44)/t19-,20-,21-/m0/s1. The molecule has 0 bridgehead atoms. The fourth-order valence-electron chi connectivity index (χ4n) is 4.95. The molecule has 268 valence electrons. The van der Waals surface area contributed by atoms with Crippen LogP contribution in [0.1, 0.15) is 65.8 Å². The van der Waals surface area contributed by atoms with E-state index in [-0.39, 0.29) is 5.56 Å². The van der Waals surface area contributed by atoms with E-state index >= 15 is 0 Å². The lowest BCUT2D eigenvalue weighted by Gasteiger charge is -2.18. The van der Waals surface area contributed by atoms with Gasteiger partial charge in [-0.3, -0.25) is 24.0 Å². The molecule has 0 unspecified atom stereocenters. The van der Waals surface area contributed by atoms with Gasteiger partial charge in [0.05, 0.1) is 10.9 Å². The number of aliphatic carboxylic acids is 4. The molecular weight excluding hydrogens is 667 g/mol. The normalized spacial score (nSPS) is 12.8. The minimum absolute atomic E-state index is 0.295. The van der Waals surface area contributed by atoms with Gasteiger partial charge in [-0.1, -0.05) is 6.07 Å². The van der Waals surface area contributed by atoms with Crippen LogP contribution in [0.5, 0.6) is 0 Å². The number of aromatic amines is 2. The molecule has 3 atom stereocenters. The number of halogens is 1. The smallest absolute Gasteiger partial charge is 0.326 e. The summed E-state index contributed by atoms with van der Waals surface area (Å²) in [6.07, 6.45) is -0.816. The molecule has 19 heteroatoms. The van der Waals surface area contributed by atoms with Gasteiger partial charge in [-0.25, -0.2) is 23.8 Å². The number of hydrogen-bond acceptors (Lipinski definition) is 9. The quantitative estimate of drug-likeness (QED) is 0.0809. The van der Waals surface area contributed by atoms with E-state index in [1.54, 1.807) is 13.1 Å². The van der Waals surface area contributed by atoms with E-state index < -0.39 is 110 Å². The molecule has 9 N–H and O–H groups in total. The second-order valence-electron chi connectivity index (χ2n) is 11.3. The van der Waals surface area contributed by atoms with Crippen molar-refractivity contribution in [3.8, 4) is 0 Å². The number of carbonyl (C=O) groups excluding carboxylic acids is 3. The minimum atomic E-state index is -1.67. The number of benzene rings is 1. The van der Waals surface area contributed by atoms with Crippen LogP contribution in [0, 0.1) is 12.7 Å². The Hall–Kier alpha value is -6.14. The molecule has 1 aromatic carbocycles. The van der Waals surface area contributed by atoms with Crippen molar-refractivity contribution in [2.45, 2.75) is 76.4 Å². The number of nitrogens with one attached hydrogen (secondary N) is 5. The second-order valence-corrected chi connectivity index (χ2v) is 11.3. The summed E-state index contributed by atoms with van der Waals surface area (Å²) in [6.45, 7) is 1.64. The van der Waals surface area contributed by atoms with Crippen molar-refractivity contribution >= 4 is 52.6 Å². The number of fused-ring (bicyclic) bond motifs is 1. The van der Waals surface area contributed by atoms with Gasteiger partial charge in [0.25, 0.3) is 11.5 Å². The zero-order valence-corrected chi connectivity index (χ0v) is 26.6. The van der Waals surface area contributed by atoms with E-state index in [0.29, 0.717) is 40.8 Å². The van der Waals surface area contributed by atoms with Crippen LogP contribution in [-0.2, 0) is 41.6 Å². The van der Waals surface area contributed by atoms with E-state index in [0.717, 1.165) is 12.1 Å². The fourth-order valence-corrected chi connectivity index (χ4v) is 4.95. The number of carboxylic acids is 4. The summed E-state index contributed by atoms with van der Waals surface area (Å²) in [4.78, 5) is 105. The Morgan fingerprint density at radius 2 is 1.34 bits per heavy atom. The Morgan fingerprint density at radius 3 is 1.86 bits per heavy atom. The Balaban J connectivity index is 1.53. The molecule has 50 heavy (non-hydrogen) atoms. The van der Waals surface area contributed by atoms with Crippen molar-refractivity contribution in [2.75, 3.05) is 0 Å². The lowest BCUT2D eigenvalue weighted by Crippen LogP contribution is -2.45. The lowest BCUT2D eigenvalue weighted by atomic mass is 10.0. The average molecular weight is 703 g/mol. The molecule has 3 amide bonds. The molecule has 0 saturated carbocycles. The number of aryl methyl sites for hydroxylation is 3. The van der Waals surface area contributed by atoms with Crippen LogP contribution in [0.4, 0.5) is 4.39 Å². The molecule has 3 aromatic rings. The second kappa shape index (κ2) is 17.3. The monoisotopic (exact) mass is 702 g/mol. The maximum atomic E-state index is 14.9. The summed E-state index contributed by atoms with van der Waals surface area (Å²) in [6, 6.07) is -1.10. The SMILES string of the molecule is Cc1nc2[nH]cc(CCc3ccc(C(=O)N[C@@H](CCC(=O)N[C@@H](CCC(=O)N[C@@H](CCC(=O)O)C(=O)O)C(=O)O)C(=O)O)c(F)c3)c2c(=O)[nH]1. The Kier molecular flexibility index (Phi) is 13.3. The number of H-pyrrole nitrogens is 2. The first-order valence-electron chi connectivity index (χ1n) is 15.2. The fraction of sp³-hybridized carbons (Fsp3) is 0.387. The maximum Gasteiger partial charge on any atom is 0.326 e. The first-order valence-corrected chi connectivity index (χ1v) is 15.2. The number of rotatable bonds is 19. The van der Waals surface area contributed by atoms with Crippen molar-refractivity contribution in [2.24, 2.45) is 0 Å². The van der Waals surface area contributed by atoms with Gasteiger partial charge in [-0.05, 0) is 62.3 Å². The third-order valence-corrected chi connectivity index (χ3v) is 7.54. The van der Waals surface area contributed by atoms with Gasteiger partial charge in [-0.15, -0.1) is 0 Å². The van der Waals surface area contributed by atoms with Crippen molar-refractivity contribution in [3.63, 3.8) is 0 Å². The molecule has 18 nitrogen and oxygen atoms in total. The van der Waals surface area contributed by atoms with Crippen molar-refractivity contribution in [1.82, 2.24) is 30.9 Å². The van der Waals surface area contributed by atoms with Crippen LogP contribution in [0.25, 0.3) is 11.0 Å². The highest BCUT2D eigenvalue weighted by Crippen LogP contribution is 2.17. The number of nitrogens with zero attached hydrogens (tertiary/aromatic N) is 1. The molecule has 2 aromatic heterocycles. The summed E-state index contributed by atoms with van der Waals surface area (Å²) < 4.78 is 14.9. The topological polar surface area (TPSA) is 298 Å². The third kappa shape index (κ3) is 11.0. The summed E-state index contributed by atoms with van der Waals surface area (Å²) in [5.74, 6) is -9.31. The molecule has 0 fully saturated rings. The Bertz CT molecular complexity index is 1850. The zero-order valence-electron chi connectivity index (χ0n) is 26.6. The van der Waals surface area contributed by atoms with Gasteiger partial charge in [0, 0.05) is 25.5 Å². The van der Waals surface area contributed by atoms with E-state index in [1.165, 1.54) is 6.07 Å². The largest absolute Gasteiger partial charge is 0.481 e. The maximum absolute atomic E-state index is 14.9. The number of carbonyl (C=O) groups is 7. The number of hydrogen-bond donors (Lipinski definition) is 9. The van der Waals surface area contributed by atoms with E-state index in [2.05, 4.69) is 30.9 Å². The summed E-state index contributed by atoms with van der Waals surface area (Å²) in [5, 5.41) is 43.6. The highest BCUT2D eigenvalue weighted by atomic mass is 19.1. The van der Waals surface area contributed by atoms with Gasteiger partial charge in [0.15, 0.2) is 0 Å². The van der Waals surface area contributed by atoms with Gasteiger partial charge in [-0.2, -0.15) is 0 Å². The zero-order chi connectivity index (χ0) is 37.1. The molecule has 0 radical (unpaired) electrons. The molecule has 0 saturated heterocycles. The van der Waals surface area contributed by atoms with Crippen LogP contribution in [0.2, 0.25) is 0 Å². The molecule has 0 aliphatic heterocycles. The van der Waals surface area contributed by atoms with Crippen LogP contribution < -0.4 is 21.5 Å². The first-order chi connectivity index (χ1) is 23.5. The Labute approximate surface area is 281 Å². The van der Waals surface area contributed by atoms with E-state index in [1.807, 2.05) is 0 Å². The van der Waals surface area contributed by atoms with Gasteiger partial charge >= 0.3 is 23.9 Å². The van der Waals surface area contributed by atoms with Crippen molar-refractivity contribution in [3.05, 3.63) is 63.1 Å². The van der Waals surface area contributed by atoms with Crippen LogP contribution in [0.3, 0.4) is 0 Å². The van der Waals surface area contributed by atoms with Gasteiger partial charge < -0.3 is 46.3 Å². The summed E-state index contributed by atoms with van der Waals surface area (Å²) in [5.41, 5.74) is 0.768. The minimum Gasteiger partial charge on any atom is -0.481 e.